The van der Waals surface area contributed by atoms with Gasteiger partial charge in [-0.3, -0.25) is 0 Å². The number of nitrogens with zero attached hydrogens (tertiary/aromatic N) is 2. The molecular formula is C24H30N4O. The number of anilines is 3. The fraction of sp³-hybridized carbons (Fsp3) is 0.333. The number of aromatic nitrogens is 2. The third-order valence-electron chi connectivity index (χ3n) is 4.63. The van der Waals surface area contributed by atoms with Gasteiger partial charge >= 0.3 is 0 Å². The minimum absolute atomic E-state index is 0.132. The number of hydrogen-bond donors (Lipinski definition) is 2. The molecule has 0 saturated carbocycles. The molecule has 5 heteroatoms. The Labute approximate surface area is 173 Å². The molecule has 2 N–H and O–H groups in total. The summed E-state index contributed by atoms with van der Waals surface area (Å²) in [5, 5.41) is 6.72. The highest BCUT2D eigenvalue weighted by Gasteiger charge is 2.13. The summed E-state index contributed by atoms with van der Waals surface area (Å²) in [6.45, 7) is 8.11. The molecule has 3 rings (SSSR count). The predicted molar refractivity (Wildman–Crippen MR) is 121 cm³/mol. The highest BCUT2D eigenvalue weighted by Crippen LogP contribution is 2.26. The lowest BCUT2D eigenvalue weighted by atomic mass is 9.87. The molecule has 0 aliphatic heterocycles. The molecule has 3 aromatic rings. The number of methoxy groups -OCH3 is 1. The van der Waals surface area contributed by atoms with Gasteiger partial charge in [0.15, 0.2) is 0 Å². The van der Waals surface area contributed by atoms with Crippen molar-refractivity contribution in [3.05, 3.63) is 66.2 Å². The Morgan fingerprint density at radius 3 is 2.31 bits per heavy atom. The maximum absolute atomic E-state index is 5.12. The van der Waals surface area contributed by atoms with E-state index in [2.05, 4.69) is 77.8 Å². The van der Waals surface area contributed by atoms with Crippen LogP contribution in [0.3, 0.4) is 0 Å². The van der Waals surface area contributed by atoms with Crippen molar-refractivity contribution in [1.29, 1.82) is 0 Å². The van der Waals surface area contributed by atoms with Gasteiger partial charge in [-0.1, -0.05) is 63.2 Å². The summed E-state index contributed by atoms with van der Waals surface area (Å²) >= 11 is 0. The number of nitrogens with one attached hydrogen (secondary N) is 2. The zero-order chi connectivity index (χ0) is 20.7. The van der Waals surface area contributed by atoms with Crippen LogP contribution in [-0.4, -0.2) is 30.2 Å². The molecule has 5 nitrogen and oxygen atoms in total. The average Bonchev–Trinajstić information content (AvgIpc) is 2.71. The summed E-state index contributed by atoms with van der Waals surface area (Å²) < 4.78 is 5.12. The Balaban J connectivity index is 1.84. The number of rotatable bonds is 8. The lowest BCUT2D eigenvalue weighted by Crippen LogP contribution is -2.11. The first-order chi connectivity index (χ1) is 14.0. The molecule has 152 valence electrons. The van der Waals surface area contributed by atoms with Crippen LogP contribution in [0, 0.1) is 0 Å². The van der Waals surface area contributed by atoms with Gasteiger partial charge in [0.25, 0.3) is 0 Å². The van der Waals surface area contributed by atoms with Gasteiger partial charge in [0.05, 0.1) is 5.69 Å². The Kier molecular flexibility index (Phi) is 6.83. The summed E-state index contributed by atoms with van der Waals surface area (Å²) in [6.07, 6.45) is 0.895. The second kappa shape index (κ2) is 9.52. The van der Waals surface area contributed by atoms with E-state index in [0.717, 1.165) is 35.7 Å². The minimum atomic E-state index is 0.132. The van der Waals surface area contributed by atoms with Gasteiger partial charge < -0.3 is 15.4 Å². The lowest BCUT2D eigenvalue weighted by molar-refractivity contribution is 0.197. The topological polar surface area (TPSA) is 59.1 Å². The smallest absolute Gasteiger partial charge is 0.225 e. The second-order valence-electron chi connectivity index (χ2n) is 8.05. The Morgan fingerprint density at radius 2 is 1.66 bits per heavy atom. The molecule has 0 atom stereocenters. The van der Waals surface area contributed by atoms with E-state index in [4.69, 9.17) is 4.74 Å². The van der Waals surface area contributed by atoms with Crippen molar-refractivity contribution in [2.45, 2.75) is 32.6 Å². The largest absolute Gasteiger partial charge is 0.385 e. The molecule has 0 aliphatic carbocycles. The van der Waals surface area contributed by atoms with E-state index in [1.165, 1.54) is 5.56 Å². The van der Waals surface area contributed by atoms with Crippen LogP contribution in [0.25, 0.3) is 11.3 Å². The van der Waals surface area contributed by atoms with Crippen molar-refractivity contribution >= 4 is 17.5 Å². The van der Waals surface area contributed by atoms with Gasteiger partial charge in [-0.05, 0) is 29.5 Å². The van der Waals surface area contributed by atoms with Gasteiger partial charge in [0.1, 0.15) is 5.82 Å². The molecule has 0 aliphatic rings. The zero-order valence-corrected chi connectivity index (χ0v) is 17.7. The molecule has 1 aromatic heterocycles. The molecular weight excluding hydrogens is 360 g/mol. The van der Waals surface area contributed by atoms with E-state index in [1.54, 1.807) is 7.11 Å². The molecule has 1 heterocycles. The van der Waals surface area contributed by atoms with E-state index in [1.807, 2.05) is 24.3 Å². The van der Waals surface area contributed by atoms with Crippen LogP contribution in [0.4, 0.5) is 17.5 Å². The van der Waals surface area contributed by atoms with Gasteiger partial charge in [-0.15, -0.1) is 0 Å². The van der Waals surface area contributed by atoms with Crippen LogP contribution in [0.2, 0.25) is 0 Å². The van der Waals surface area contributed by atoms with Crippen LogP contribution < -0.4 is 10.6 Å². The van der Waals surface area contributed by atoms with Crippen molar-refractivity contribution in [2.75, 3.05) is 30.9 Å². The van der Waals surface area contributed by atoms with Crippen LogP contribution in [0.5, 0.6) is 0 Å². The van der Waals surface area contributed by atoms with Gasteiger partial charge in [-0.25, -0.2) is 4.98 Å². The minimum Gasteiger partial charge on any atom is -0.385 e. The van der Waals surface area contributed by atoms with Crippen molar-refractivity contribution in [3.8, 4) is 11.3 Å². The molecule has 0 bridgehead atoms. The second-order valence-corrected chi connectivity index (χ2v) is 8.05. The van der Waals surface area contributed by atoms with Crippen molar-refractivity contribution in [2.24, 2.45) is 0 Å². The SMILES string of the molecule is COCCCNc1nc(Nc2ccc(C(C)(C)C)cc2)cc(-c2ccccc2)n1. The van der Waals surface area contributed by atoms with Crippen molar-refractivity contribution in [1.82, 2.24) is 9.97 Å². The maximum atomic E-state index is 5.12. The Hall–Kier alpha value is -2.92. The highest BCUT2D eigenvalue weighted by atomic mass is 16.5. The third kappa shape index (κ3) is 6.03. The van der Waals surface area contributed by atoms with Crippen molar-refractivity contribution < 1.29 is 4.74 Å². The van der Waals surface area contributed by atoms with Gasteiger partial charge in [-0.2, -0.15) is 4.98 Å². The van der Waals surface area contributed by atoms with E-state index < -0.39 is 0 Å². The lowest BCUT2D eigenvalue weighted by Gasteiger charge is -2.19. The fourth-order valence-corrected chi connectivity index (χ4v) is 2.97. The predicted octanol–water partition coefficient (Wildman–Crippen LogP) is 5.63. The standard InChI is InChI=1S/C24H30N4O/c1-24(2,3)19-11-13-20(14-12-19)26-22-17-21(18-9-6-5-7-10-18)27-23(28-22)25-15-8-16-29-4/h5-7,9-14,17H,8,15-16H2,1-4H3,(H2,25,26,27,28). The maximum Gasteiger partial charge on any atom is 0.225 e. The molecule has 2 aromatic carbocycles. The monoisotopic (exact) mass is 390 g/mol. The van der Waals surface area contributed by atoms with Crippen LogP contribution >= 0.6 is 0 Å². The normalized spacial score (nSPS) is 11.3. The first kappa shape index (κ1) is 20.8. The van der Waals surface area contributed by atoms with E-state index in [0.29, 0.717) is 12.6 Å². The van der Waals surface area contributed by atoms with E-state index in [-0.39, 0.29) is 5.41 Å². The summed E-state index contributed by atoms with van der Waals surface area (Å²) in [4.78, 5) is 9.34. The zero-order valence-electron chi connectivity index (χ0n) is 17.7. The number of ether oxygens (including phenoxy) is 1. The van der Waals surface area contributed by atoms with Gasteiger partial charge in [0, 0.05) is 37.6 Å². The van der Waals surface area contributed by atoms with Crippen LogP contribution in [0.15, 0.2) is 60.7 Å². The third-order valence-corrected chi connectivity index (χ3v) is 4.63. The Bertz CT molecular complexity index is 902. The summed E-state index contributed by atoms with van der Waals surface area (Å²) in [7, 11) is 1.71. The molecule has 0 radical (unpaired) electrons. The first-order valence-electron chi connectivity index (χ1n) is 10.0. The molecule has 0 fully saturated rings. The molecule has 29 heavy (non-hydrogen) atoms. The van der Waals surface area contributed by atoms with Crippen LogP contribution in [-0.2, 0) is 10.2 Å². The van der Waals surface area contributed by atoms with Crippen molar-refractivity contribution in [3.63, 3.8) is 0 Å². The molecule has 0 unspecified atom stereocenters. The molecule has 0 spiro atoms. The first-order valence-corrected chi connectivity index (χ1v) is 10.0. The molecule has 0 saturated heterocycles. The van der Waals surface area contributed by atoms with Gasteiger partial charge in [0.2, 0.25) is 5.95 Å². The van der Waals surface area contributed by atoms with E-state index >= 15 is 0 Å². The summed E-state index contributed by atoms with van der Waals surface area (Å²) in [6, 6.07) is 20.6. The summed E-state index contributed by atoms with van der Waals surface area (Å²) in [5.74, 6) is 1.37. The van der Waals surface area contributed by atoms with E-state index in [9.17, 15) is 0 Å². The summed E-state index contributed by atoms with van der Waals surface area (Å²) in [5.41, 5.74) is 4.37. The average molecular weight is 391 g/mol. The molecule has 0 amide bonds. The Morgan fingerprint density at radius 1 is 0.931 bits per heavy atom. The fourth-order valence-electron chi connectivity index (χ4n) is 2.97. The quantitative estimate of drug-likeness (QED) is 0.488. The highest BCUT2D eigenvalue weighted by molar-refractivity contribution is 5.67. The van der Waals surface area contributed by atoms with Crippen LogP contribution in [0.1, 0.15) is 32.8 Å². The number of benzene rings is 2. The number of hydrogen-bond acceptors (Lipinski definition) is 5.